The molecule has 0 aromatic carbocycles. The highest BCUT2D eigenvalue weighted by Gasteiger charge is 2.33. The Balaban J connectivity index is 2.61. The zero-order valence-electron chi connectivity index (χ0n) is 11.3. The van der Waals surface area contributed by atoms with Crippen LogP contribution >= 0.6 is 0 Å². The lowest BCUT2D eigenvalue weighted by atomic mass is 9.75. The Kier molecular flexibility index (Phi) is 4.82. The predicted octanol–water partition coefficient (Wildman–Crippen LogP) is 3.65. The molecule has 94 valence electrons. The second-order valence-electron chi connectivity index (χ2n) is 5.96. The molecule has 0 spiro atoms. The molecule has 0 bridgehead atoms. The van der Waals surface area contributed by atoms with Crippen LogP contribution in [0.3, 0.4) is 0 Å². The summed E-state index contributed by atoms with van der Waals surface area (Å²) in [5.41, 5.74) is 0. The van der Waals surface area contributed by atoms with Gasteiger partial charge in [-0.15, -0.1) is 0 Å². The number of hydrogen-bond donors (Lipinski definition) is 0. The van der Waals surface area contributed by atoms with Crippen LogP contribution in [0.4, 0.5) is 0 Å². The zero-order valence-corrected chi connectivity index (χ0v) is 11.3. The fraction of sp³-hybridized carbons (Fsp3) is 0.929. The van der Waals surface area contributed by atoms with Crippen molar-refractivity contribution in [1.29, 1.82) is 0 Å². The largest absolute Gasteiger partial charge is 0.462 e. The van der Waals surface area contributed by atoms with Crippen LogP contribution in [0.2, 0.25) is 0 Å². The SMILES string of the molecule is CC1CC[C@@H](C(C)C)[C@@H](OC(=O)C(C)C)C1. The summed E-state index contributed by atoms with van der Waals surface area (Å²) < 4.78 is 5.66. The van der Waals surface area contributed by atoms with Crippen molar-refractivity contribution in [3.8, 4) is 0 Å². The molecule has 0 saturated heterocycles. The molecule has 1 rings (SSSR count). The van der Waals surface area contributed by atoms with E-state index in [-0.39, 0.29) is 18.0 Å². The van der Waals surface area contributed by atoms with Crippen LogP contribution in [0.1, 0.15) is 53.9 Å². The van der Waals surface area contributed by atoms with Crippen molar-refractivity contribution in [2.24, 2.45) is 23.7 Å². The summed E-state index contributed by atoms with van der Waals surface area (Å²) in [7, 11) is 0. The van der Waals surface area contributed by atoms with Gasteiger partial charge in [-0.2, -0.15) is 0 Å². The van der Waals surface area contributed by atoms with Crippen LogP contribution in [0.5, 0.6) is 0 Å². The van der Waals surface area contributed by atoms with Gasteiger partial charge in [-0.05, 0) is 30.6 Å². The van der Waals surface area contributed by atoms with E-state index in [0.29, 0.717) is 17.8 Å². The first-order chi connectivity index (χ1) is 7.41. The predicted molar refractivity (Wildman–Crippen MR) is 66.1 cm³/mol. The van der Waals surface area contributed by atoms with E-state index in [2.05, 4.69) is 20.8 Å². The van der Waals surface area contributed by atoms with Gasteiger partial charge in [-0.3, -0.25) is 4.79 Å². The second kappa shape index (κ2) is 5.70. The van der Waals surface area contributed by atoms with Gasteiger partial charge in [-0.25, -0.2) is 0 Å². The molecule has 0 aliphatic heterocycles. The van der Waals surface area contributed by atoms with Gasteiger partial charge in [-0.1, -0.05) is 41.0 Å². The van der Waals surface area contributed by atoms with E-state index in [1.807, 2.05) is 13.8 Å². The minimum atomic E-state index is -0.0373. The maximum atomic E-state index is 11.7. The number of hydrogen-bond acceptors (Lipinski definition) is 2. The van der Waals surface area contributed by atoms with Gasteiger partial charge in [0.05, 0.1) is 5.92 Å². The topological polar surface area (TPSA) is 26.3 Å². The Morgan fingerprint density at radius 2 is 1.81 bits per heavy atom. The molecule has 16 heavy (non-hydrogen) atoms. The normalized spacial score (nSPS) is 30.8. The van der Waals surface area contributed by atoms with Crippen molar-refractivity contribution >= 4 is 5.97 Å². The molecule has 1 aliphatic rings. The molecule has 0 aromatic rings. The quantitative estimate of drug-likeness (QED) is 0.687. The Morgan fingerprint density at radius 3 is 2.31 bits per heavy atom. The molecule has 0 radical (unpaired) electrons. The lowest BCUT2D eigenvalue weighted by Gasteiger charge is -2.37. The minimum Gasteiger partial charge on any atom is -0.462 e. The summed E-state index contributed by atoms with van der Waals surface area (Å²) in [6, 6.07) is 0. The third kappa shape index (κ3) is 3.50. The summed E-state index contributed by atoms with van der Waals surface area (Å²) in [5, 5.41) is 0. The average molecular weight is 226 g/mol. The highest BCUT2D eigenvalue weighted by Crippen LogP contribution is 2.35. The monoisotopic (exact) mass is 226 g/mol. The number of carbonyl (C=O) groups excluding carboxylic acids is 1. The average Bonchev–Trinajstić information content (AvgIpc) is 2.16. The summed E-state index contributed by atoms with van der Waals surface area (Å²) in [5.74, 6) is 1.81. The molecular weight excluding hydrogens is 200 g/mol. The lowest BCUT2D eigenvalue weighted by molar-refractivity contribution is -0.159. The molecule has 0 aromatic heterocycles. The second-order valence-corrected chi connectivity index (χ2v) is 5.96. The number of ether oxygens (including phenoxy) is 1. The van der Waals surface area contributed by atoms with Crippen molar-refractivity contribution in [1.82, 2.24) is 0 Å². The summed E-state index contributed by atoms with van der Waals surface area (Å²) in [6.45, 7) is 10.5. The van der Waals surface area contributed by atoms with E-state index in [4.69, 9.17) is 4.74 Å². The third-order valence-electron chi connectivity index (χ3n) is 3.70. The molecule has 1 fully saturated rings. The third-order valence-corrected chi connectivity index (χ3v) is 3.70. The van der Waals surface area contributed by atoms with Gasteiger partial charge in [0.25, 0.3) is 0 Å². The Morgan fingerprint density at radius 1 is 1.19 bits per heavy atom. The van der Waals surface area contributed by atoms with Gasteiger partial charge < -0.3 is 4.74 Å². The molecule has 1 aliphatic carbocycles. The fourth-order valence-corrected chi connectivity index (χ4v) is 2.54. The van der Waals surface area contributed by atoms with Gasteiger partial charge in [0.2, 0.25) is 0 Å². The molecule has 2 nitrogen and oxygen atoms in total. The van der Waals surface area contributed by atoms with Crippen LogP contribution in [0.25, 0.3) is 0 Å². The van der Waals surface area contributed by atoms with Crippen molar-refractivity contribution in [2.75, 3.05) is 0 Å². The first kappa shape index (κ1) is 13.5. The smallest absolute Gasteiger partial charge is 0.308 e. The molecule has 1 unspecified atom stereocenters. The first-order valence-electron chi connectivity index (χ1n) is 6.62. The lowest BCUT2D eigenvalue weighted by Crippen LogP contribution is -2.36. The van der Waals surface area contributed by atoms with E-state index >= 15 is 0 Å². The van der Waals surface area contributed by atoms with Gasteiger partial charge >= 0.3 is 5.97 Å². The van der Waals surface area contributed by atoms with E-state index in [1.165, 1.54) is 12.8 Å². The van der Waals surface area contributed by atoms with Crippen LogP contribution in [0, 0.1) is 23.7 Å². The van der Waals surface area contributed by atoms with Crippen LogP contribution in [0.15, 0.2) is 0 Å². The Bertz CT molecular complexity index is 233. The fourth-order valence-electron chi connectivity index (χ4n) is 2.54. The van der Waals surface area contributed by atoms with Crippen LogP contribution in [-0.2, 0) is 9.53 Å². The number of rotatable bonds is 3. The van der Waals surface area contributed by atoms with E-state index < -0.39 is 0 Å². The van der Waals surface area contributed by atoms with Crippen molar-refractivity contribution in [3.05, 3.63) is 0 Å². The molecule has 0 amide bonds. The Labute approximate surface area is 99.8 Å². The van der Waals surface area contributed by atoms with Gasteiger partial charge in [0.15, 0.2) is 0 Å². The maximum Gasteiger partial charge on any atom is 0.308 e. The van der Waals surface area contributed by atoms with E-state index in [0.717, 1.165) is 6.42 Å². The Hall–Kier alpha value is -0.530. The number of carbonyl (C=O) groups is 1. The summed E-state index contributed by atoms with van der Waals surface area (Å²) in [4.78, 5) is 11.7. The molecular formula is C14H26O2. The molecule has 3 atom stereocenters. The highest BCUT2D eigenvalue weighted by atomic mass is 16.5. The molecule has 2 heteroatoms. The summed E-state index contributed by atoms with van der Waals surface area (Å²) >= 11 is 0. The summed E-state index contributed by atoms with van der Waals surface area (Å²) in [6.07, 6.45) is 3.67. The number of esters is 1. The van der Waals surface area contributed by atoms with E-state index in [9.17, 15) is 4.79 Å². The zero-order chi connectivity index (χ0) is 12.3. The first-order valence-corrected chi connectivity index (χ1v) is 6.62. The van der Waals surface area contributed by atoms with Crippen LogP contribution < -0.4 is 0 Å². The standard InChI is InChI=1S/C14H26O2/c1-9(2)12-7-6-11(5)8-13(12)16-14(15)10(3)4/h9-13H,6-8H2,1-5H3/t11?,12-,13-/m0/s1. The maximum absolute atomic E-state index is 11.7. The highest BCUT2D eigenvalue weighted by molar-refractivity contribution is 5.71. The van der Waals surface area contributed by atoms with Crippen molar-refractivity contribution in [2.45, 2.75) is 60.0 Å². The van der Waals surface area contributed by atoms with Gasteiger partial charge in [0, 0.05) is 0 Å². The molecule has 1 saturated carbocycles. The van der Waals surface area contributed by atoms with Crippen molar-refractivity contribution < 1.29 is 9.53 Å². The van der Waals surface area contributed by atoms with Crippen molar-refractivity contribution in [3.63, 3.8) is 0 Å². The molecule has 0 heterocycles. The molecule has 0 N–H and O–H groups in total. The minimum absolute atomic E-state index is 0.00922. The van der Waals surface area contributed by atoms with Gasteiger partial charge in [0.1, 0.15) is 6.10 Å². The van der Waals surface area contributed by atoms with Crippen LogP contribution in [-0.4, -0.2) is 12.1 Å². The van der Waals surface area contributed by atoms with E-state index in [1.54, 1.807) is 0 Å².